The fourth-order valence-corrected chi connectivity index (χ4v) is 3.45. The van der Waals surface area contributed by atoms with Crippen molar-refractivity contribution < 1.29 is 9.21 Å². The highest BCUT2D eigenvalue weighted by atomic mass is 32.1. The van der Waals surface area contributed by atoms with Crippen molar-refractivity contribution in [3.05, 3.63) is 46.2 Å². The molecule has 1 aromatic carbocycles. The van der Waals surface area contributed by atoms with E-state index in [9.17, 15) is 4.79 Å². The third-order valence-corrected chi connectivity index (χ3v) is 4.97. The van der Waals surface area contributed by atoms with Crippen LogP contribution < -0.4 is 5.32 Å². The largest absolute Gasteiger partial charge is 0.451 e. The van der Waals surface area contributed by atoms with E-state index in [0.29, 0.717) is 5.58 Å². The maximum Gasteiger partial charge on any atom is 0.294 e. The number of aromatic nitrogens is 3. The van der Waals surface area contributed by atoms with Crippen molar-refractivity contribution in [3.63, 3.8) is 0 Å². The molecule has 0 saturated carbocycles. The van der Waals surface area contributed by atoms with Gasteiger partial charge in [0.05, 0.1) is 5.69 Å². The first-order chi connectivity index (χ1) is 11.0. The van der Waals surface area contributed by atoms with Gasteiger partial charge in [0.2, 0.25) is 4.96 Å². The molecule has 0 aliphatic rings. The average Bonchev–Trinajstić information content (AvgIpc) is 3.15. The Hall–Kier alpha value is -2.67. The smallest absolute Gasteiger partial charge is 0.294 e. The second-order valence-corrected chi connectivity index (χ2v) is 6.56. The SMILES string of the molecule is Cc1sc2nc(NC(=O)c3oc4ccccc4c3C)nn2c1C. The van der Waals surface area contributed by atoms with Crippen molar-refractivity contribution in [1.29, 1.82) is 0 Å². The summed E-state index contributed by atoms with van der Waals surface area (Å²) in [6.45, 7) is 5.86. The second kappa shape index (κ2) is 4.92. The van der Waals surface area contributed by atoms with Crippen molar-refractivity contribution in [1.82, 2.24) is 14.6 Å². The fraction of sp³-hybridized carbons (Fsp3) is 0.188. The number of rotatable bonds is 2. The van der Waals surface area contributed by atoms with Crippen LogP contribution in [0.5, 0.6) is 0 Å². The number of fused-ring (bicyclic) bond motifs is 2. The molecule has 4 aromatic rings. The Kier molecular flexibility index (Phi) is 2.99. The van der Waals surface area contributed by atoms with E-state index in [4.69, 9.17) is 4.42 Å². The summed E-state index contributed by atoms with van der Waals surface area (Å²) in [6.07, 6.45) is 0. The lowest BCUT2D eigenvalue weighted by molar-refractivity contribution is 0.0997. The minimum Gasteiger partial charge on any atom is -0.451 e. The van der Waals surface area contributed by atoms with Crippen LogP contribution in [0.25, 0.3) is 15.9 Å². The summed E-state index contributed by atoms with van der Waals surface area (Å²) in [7, 11) is 0. The first-order valence-corrected chi connectivity index (χ1v) is 7.98. The number of hydrogen-bond acceptors (Lipinski definition) is 5. The summed E-state index contributed by atoms with van der Waals surface area (Å²) < 4.78 is 7.40. The van der Waals surface area contributed by atoms with Crippen LogP contribution in [0.2, 0.25) is 0 Å². The zero-order valence-electron chi connectivity index (χ0n) is 12.9. The molecular weight excluding hydrogens is 312 g/mol. The van der Waals surface area contributed by atoms with Crippen molar-refractivity contribution >= 4 is 39.1 Å². The monoisotopic (exact) mass is 326 g/mol. The lowest BCUT2D eigenvalue weighted by Crippen LogP contribution is -2.13. The maximum absolute atomic E-state index is 12.5. The van der Waals surface area contributed by atoms with Crippen molar-refractivity contribution in [2.45, 2.75) is 20.8 Å². The van der Waals surface area contributed by atoms with Gasteiger partial charge in [-0.15, -0.1) is 5.10 Å². The molecule has 3 aromatic heterocycles. The van der Waals surface area contributed by atoms with Crippen molar-refractivity contribution in [2.75, 3.05) is 5.32 Å². The summed E-state index contributed by atoms with van der Waals surface area (Å²) in [5, 5.41) is 7.97. The van der Waals surface area contributed by atoms with Gasteiger partial charge in [-0.25, -0.2) is 4.52 Å². The van der Waals surface area contributed by atoms with Gasteiger partial charge in [-0.2, -0.15) is 4.98 Å². The van der Waals surface area contributed by atoms with E-state index in [0.717, 1.165) is 26.5 Å². The van der Waals surface area contributed by atoms with Crippen LogP contribution in [-0.2, 0) is 0 Å². The Morgan fingerprint density at radius 1 is 1.26 bits per heavy atom. The molecule has 0 radical (unpaired) electrons. The predicted octanol–water partition coefficient (Wildman–Crippen LogP) is 3.71. The van der Waals surface area contributed by atoms with Gasteiger partial charge in [0.15, 0.2) is 5.76 Å². The first-order valence-electron chi connectivity index (χ1n) is 7.17. The van der Waals surface area contributed by atoms with Gasteiger partial charge in [-0.1, -0.05) is 29.5 Å². The van der Waals surface area contributed by atoms with Crippen LogP contribution in [0.15, 0.2) is 28.7 Å². The average molecular weight is 326 g/mol. The van der Waals surface area contributed by atoms with E-state index in [1.54, 1.807) is 15.9 Å². The number of amides is 1. The Morgan fingerprint density at radius 3 is 2.78 bits per heavy atom. The number of furan rings is 1. The number of nitrogens with one attached hydrogen (secondary N) is 1. The normalized spacial score (nSPS) is 11.4. The summed E-state index contributed by atoms with van der Waals surface area (Å²) in [5.74, 6) is 0.229. The topological polar surface area (TPSA) is 72.4 Å². The molecule has 1 amide bonds. The number of carbonyl (C=O) groups is 1. The number of para-hydroxylation sites is 1. The zero-order chi connectivity index (χ0) is 16.1. The molecule has 23 heavy (non-hydrogen) atoms. The van der Waals surface area contributed by atoms with Crippen LogP contribution in [0.1, 0.15) is 26.7 Å². The molecule has 0 aliphatic heterocycles. The van der Waals surface area contributed by atoms with Crippen LogP contribution in [0.3, 0.4) is 0 Å². The molecule has 3 heterocycles. The minimum atomic E-state index is -0.341. The van der Waals surface area contributed by atoms with Gasteiger partial charge in [-0.05, 0) is 26.8 Å². The van der Waals surface area contributed by atoms with Gasteiger partial charge in [0.25, 0.3) is 11.9 Å². The third kappa shape index (κ3) is 2.12. The van der Waals surface area contributed by atoms with E-state index in [-0.39, 0.29) is 17.6 Å². The molecule has 0 saturated heterocycles. The van der Waals surface area contributed by atoms with Gasteiger partial charge < -0.3 is 4.42 Å². The van der Waals surface area contributed by atoms with E-state index >= 15 is 0 Å². The third-order valence-electron chi connectivity index (χ3n) is 3.92. The molecule has 7 heteroatoms. The molecule has 0 spiro atoms. The van der Waals surface area contributed by atoms with E-state index in [2.05, 4.69) is 15.4 Å². The first kappa shape index (κ1) is 14.0. The standard InChI is InChI=1S/C16H14N4O2S/c1-8-11-6-4-5-7-12(11)22-13(8)14(21)17-15-18-16-20(19-15)9(2)10(3)23-16/h4-7H,1-3H3,(H,17,19,21). The highest BCUT2D eigenvalue weighted by Crippen LogP contribution is 2.26. The van der Waals surface area contributed by atoms with Gasteiger partial charge in [0, 0.05) is 15.8 Å². The molecule has 0 unspecified atom stereocenters. The summed E-state index contributed by atoms with van der Waals surface area (Å²) >= 11 is 1.54. The fourth-order valence-electron chi connectivity index (χ4n) is 2.54. The van der Waals surface area contributed by atoms with Crippen LogP contribution in [-0.4, -0.2) is 20.5 Å². The Balaban J connectivity index is 1.68. The number of hydrogen-bond donors (Lipinski definition) is 1. The predicted molar refractivity (Wildman–Crippen MR) is 89.2 cm³/mol. The van der Waals surface area contributed by atoms with Gasteiger partial charge >= 0.3 is 0 Å². The zero-order valence-corrected chi connectivity index (χ0v) is 13.7. The molecule has 0 atom stereocenters. The minimum absolute atomic E-state index is 0.282. The highest BCUT2D eigenvalue weighted by molar-refractivity contribution is 7.17. The number of thiazole rings is 1. The lowest BCUT2D eigenvalue weighted by atomic mass is 10.1. The number of nitrogens with zero attached hydrogens (tertiary/aromatic N) is 3. The molecule has 6 nitrogen and oxygen atoms in total. The second-order valence-electron chi connectivity index (χ2n) is 5.38. The van der Waals surface area contributed by atoms with E-state index in [1.165, 1.54) is 0 Å². The Bertz CT molecular complexity index is 1060. The summed E-state index contributed by atoms with van der Waals surface area (Å²) in [5.41, 5.74) is 2.53. The van der Waals surface area contributed by atoms with E-state index < -0.39 is 0 Å². The van der Waals surface area contributed by atoms with Crippen molar-refractivity contribution in [2.24, 2.45) is 0 Å². The summed E-state index contributed by atoms with van der Waals surface area (Å²) in [4.78, 5) is 18.7. The van der Waals surface area contributed by atoms with Crippen LogP contribution in [0, 0.1) is 20.8 Å². The number of aryl methyl sites for hydroxylation is 3. The Labute approximate surface area is 135 Å². The molecule has 1 N–H and O–H groups in total. The van der Waals surface area contributed by atoms with Crippen LogP contribution >= 0.6 is 11.3 Å². The van der Waals surface area contributed by atoms with Gasteiger partial charge in [0.1, 0.15) is 5.58 Å². The molecule has 0 bridgehead atoms. The molecule has 116 valence electrons. The lowest BCUT2D eigenvalue weighted by Gasteiger charge is -1.98. The maximum atomic E-state index is 12.5. The molecule has 0 fully saturated rings. The molecular formula is C16H14N4O2S. The van der Waals surface area contributed by atoms with E-state index in [1.807, 2.05) is 45.0 Å². The Morgan fingerprint density at radius 2 is 2.04 bits per heavy atom. The van der Waals surface area contributed by atoms with Gasteiger partial charge in [-0.3, -0.25) is 10.1 Å². The number of anilines is 1. The van der Waals surface area contributed by atoms with Crippen LogP contribution in [0.4, 0.5) is 5.95 Å². The highest BCUT2D eigenvalue weighted by Gasteiger charge is 2.19. The quantitative estimate of drug-likeness (QED) is 0.609. The number of benzene rings is 1. The molecule has 4 rings (SSSR count). The molecule has 0 aliphatic carbocycles. The van der Waals surface area contributed by atoms with Crippen molar-refractivity contribution in [3.8, 4) is 0 Å². The number of carbonyl (C=O) groups excluding carboxylic acids is 1. The summed E-state index contributed by atoms with van der Waals surface area (Å²) in [6, 6.07) is 7.57.